The van der Waals surface area contributed by atoms with E-state index < -0.39 is 11.7 Å². The number of nitrogens with one attached hydrogen (secondary N) is 1. The fourth-order valence-corrected chi connectivity index (χ4v) is 3.51. The molecule has 4 aromatic rings. The zero-order chi connectivity index (χ0) is 23.4. The average molecular weight is 452 g/mol. The van der Waals surface area contributed by atoms with Gasteiger partial charge in [0.2, 0.25) is 11.6 Å². The molecule has 2 heterocycles. The van der Waals surface area contributed by atoms with E-state index >= 15 is 0 Å². The quantitative estimate of drug-likeness (QED) is 0.375. The molecule has 0 radical (unpaired) electrons. The first-order chi connectivity index (χ1) is 15.9. The second-order valence-corrected chi connectivity index (χ2v) is 8.51. The van der Waals surface area contributed by atoms with Gasteiger partial charge >= 0.3 is 5.92 Å². The first-order valence-electron chi connectivity index (χ1n) is 11.1. The second-order valence-electron chi connectivity index (χ2n) is 8.51. The number of benzene rings is 2. The maximum atomic E-state index is 14.2. The van der Waals surface area contributed by atoms with Crippen molar-refractivity contribution < 1.29 is 8.78 Å². The summed E-state index contributed by atoms with van der Waals surface area (Å²) >= 11 is 0. The molecule has 7 nitrogen and oxygen atoms in total. The minimum atomic E-state index is -3.02. The van der Waals surface area contributed by atoms with Crippen LogP contribution >= 0.6 is 0 Å². The molecule has 2 aromatic carbocycles. The molecule has 0 unspecified atom stereocenters. The molecule has 9 heteroatoms. The number of H-pyrrole nitrogens is 1. The van der Waals surface area contributed by atoms with Crippen molar-refractivity contribution in [1.82, 2.24) is 35.4 Å². The third-order valence-electron chi connectivity index (χ3n) is 5.55. The van der Waals surface area contributed by atoms with Gasteiger partial charge in [0, 0.05) is 18.4 Å². The lowest BCUT2D eigenvalue weighted by Crippen LogP contribution is -2.14. The number of tetrazole rings is 1. The Balaban J connectivity index is 1.56. The summed E-state index contributed by atoms with van der Waals surface area (Å²) in [6, 6.07) is 15.9. The van der Waals surface area contributed by atoms with Crippen molar-refractivity contribution in [3.63, 3.8) is 0 Å². The molecule has 0 amide bonds. The predicted octanol–water partition coefficient (Wildman–Crippen LogP) is 5.26. The van der Waals surface area contributed by atoms with E-state index in [1.165, 1.54) is 6.92 Å². The third-order valence-corrected chi connectivity index (χ3v) is 5.55. The van der Waals surface area contributed by atoms with Crippen LogP contribution in [0.1, 0.15) is 50.8 Å². The van der Waals surface area contributed by atoms with Gasteiger partial charge in [-0.3, -0.25) is 0 Å². The maximum Gasteiger partial charge on any atom is 0.308 e. The van der Waals surface area contributed by atoms with Gasteiger partial charge in [-0.25, -0.2) is 9.67 Å². The van der Waals surface area contributed by atoms with Gasteiger partial charge in [-0.15, -0.1) is 15.3 Å². The predicted molar refractivity (Wildman–Crippen MR) is 122 cm³/mol. The number of hydrogen-bond donors (Lipinski definition) is 1. The third kappa shape index (κ3) is 5.30. The molecule has 0 saturated carbocycles. The zero-order valence-electron chi connectivity index (χ0n) is 19.0. The lowest BCUT2D eigenvalue weighted by molar-refractivity contribution is -0.0177. The lowest BCUT2D eigenvalue weighted by atomic mass is 10.0. The van der Waals surface area contributed by atoms with Crippen LogP contribution in [0.4, 0.5) is 8.78 Å². The number of halogens is 2. The Kier molecular flexibility index (Phi) is 6.57. The van der Waals surface area contributed by atoms with Crippen LogP contribution in [0.5, 0.6) is 0 Å². The fraction of sp³-hybridized carbons (Fsp3) is 0.375. The molecule has 0 fully saturated rings. The van der Waals surface area contributed by atoms with Crippen molar-refractivity contribution in [2.45, 2.75) is 52.5 Å². The molecule has 2 aromatic heterocycles. The van der Waals surface area contributed by atoms with E-state index in [9.17, 15) is 8.78 Å². The molecular formula is C24H27F2N7. The smallest absolute Gasteiger partial charge is 0.245 e. The molecule has 0 saturated heterocycles. The van der Waals surface area contributed by atoms with Crippen molar-refractivity contribution in [3.05, 3.63) is 65.7 Å². The molecule has 0 bridgehead atoms. The first-order valence-corrected chi connectivity index (χ1v) is 11.1. The highest BCUT2D eigenvalue weighted by Gasteiger charge is 2.35. The zero-order valence-corrected chi connectivity index (χ0v) is 19.0. The summed E-state index contributed by atoms with van der Waals surface area (Å²) in [6.45, 7) is 6.05. The standard InChI is InChI=1S/C24H27F2N7/c1-4-24(25,26)23-27-21(13-8-16(2)3)33(30-23)15-17-9-11-18(12-10-17)19-6-5-7-20(14-19)22-28-31-32-29-22/h5-7,9-12,14,16H,4,8,13,15H2,1-3H3,(H,28,29,31,32). The summed E-state index contributed by atoms with van der Waals surface area (Å²) in [5.74, 6) is -1.82. The van der Waals surface area contributed by atoms with Gasteiger partial charge < -0.3 is 0 Å². The Morgan fingerprint density at radius 3 is 2.45 bits per heavy atom. The number of alkyl halides is 2. The van der Waals surface area contributed by atoms with Gasteiger partial charge in [-0.05, 0) is 40.3 Å². The van der Waals surface area contributed by atoms with Crippen LogP contribution < -0.4 is 0 Å². The SMILES string of the molecule is CCC(F)(F)c1nc(CCC(C)C)n(Cc2ccc(-c3cccc(-c4nn[nH]n4)c3)cc2)n1. The largest absolute Gasteiger partial charge is 0.308 e. The van der Waals surface area contributed by atoms with Crippen molar-refractivity contribution >= 4 is 0 Å². The lowest BCUT2D eigenvalue weighted by Gasteiger charge is -2.09. The number of rotatable bonds is 9. The molecular weight excluding hydrogens is 424 g/mol. The fourth-order valence-electron chi connectivity index (χ4n) is 3.51. The Bertz CT molecular complexity index is 1180. The molecule has 0 aliphatic rings. The van der Waals surface area contributed by atoms with Crippen molar-refractivity contribution in [2.75, 3.05) is 0 Å². The number of aromatic nitrogens is 7. The van der Waals surface area contributed by atoms with E-state index in [4.69, 9.17) is 0 Å². The highest BCUT2D eigenvalue weighted by molar-refractivity contribution is 5.70. The van der Waals surface area contributed by atoms with Crippen LogP contribution in [0.2, 0.25) is 0 Å². The van der Waals surface area contributed by atoms with Gasteiger partial charge in [-0.2, -0.15) is 14.0 Å². The van der Waals surface area contributed by atoms with Crippen LogP contribution in [0, 0.1) is 5.92 Å². The number of aryl methyl sites for hydroxylation is 1. The molecule has 4 rings (SSSR count). The van der Waals surface area contributed by atoms with Gasteiger partial charge in [-0.1, -0.05) is 63.2 Å². The Labute approximate surface area is 191 Å². The highest BCUT2D eigenvalue weighted by Crippen LogP contribution is 2.29. The van der Waals surface area contributed by atoms with Crippen molar-refractivity contribution in [1.29, 1.82) is 0 Å². The normalized spacial score (nSPS) is 11.9. The second kappa shape index (κ2) is 9.56. The summed E-state index contributed by atoms with van der Waals surface area (Å²) in [4.78, 5) is 4.20. The van der Waals surface area contributed by atoms with Crippen LogP contribution in [-0.4, -0.2) is 35.4 Å². The van der Waals surface area contributed by atoms with Gasteiger partial charge in [0.25, 0.3) is 0 Å². The summed E-state index contributed by atoms with van der Waals surface area (Å²) in [7, 11) is 0. The van der Waals surface area contributed by atoms with E-state index in [-0.39, 0.29) is 6.42 Å². The van der Waals surface area contributed by atoms with Crippen LogP contribution in [0.25, 0.3) is 22.5 Å². The maximum absolute atomic E-state index is 14.2. The van der Waals surface area contributed by atoms with Gasteiger partial charge in [0.1, 0.15) is 5.82 Å². The molecule has 33 heavy (non-hydrogen) atoms. The Morgan fingerprint density at radius 1 is 1.03 bits per heavy atom. The summed E-state index contributed by atoms with van der Waals surface area (Å²) in [6.07, 6.45) is 1.16. The van der Waals surface area contributed by atoms with Crippen molar-refractivity contribution in [3.8, 4) is 22.5 Å². The van der Waals surface area contributed by atoms with Crippen molar-refractivity contribution in [2.24, 2.45) is 5.92 Å². The first kappa shape index (κ1) is 22.7. The van der Waals surface area contributed by atoms with E-state index in [0.29, 0.717) is 30.5 Å². The van der Waals surface area contributed by atoms with Crippen LogP contribution in [0.3, 0.4) is 0 Å². The Morgan fingerprint density at radius 2 is 1.79 bits per heavy atom. The van der Waals surface area contributed by atoms with Gasteiger partial charge in [0.05, 0.1) is 6.54 Å². The summed E-state index contributed by atoms with van der Waals surface area (Å²) in [5.41, 5.74) is 3.88. The van der Waals surface area contributed by atoms with E-state index in [1.54, 1.807) is 4.68 Å². The van der Waals surface area contributed by atoms with Crippen LogP contribution in [0.15, 0.2) is 48.5 Å². The highest BCUT2D eigenvalue weighted by atomic mass is 19.3. The minimum Gasteiger partial charge on any atom is -0.245 e. The van der Waals surface area contributed by atoms with E-state index in [2.05, 4.69) is 44.6 Å². The molecule has 0 spiro atoms. The monoisotopic (exact) mass is 451 g/mol. The number of hydrogen-bond acceptors (Lipinski definition) is 5. The molecule has 172 valence electrons. The molecule has 1 N–H and O–H groups in total. The average Bonchev–Trinajstić information content (AvgIpc) is 3.49. The summed E-state index contributed by atoms with van der Waals surface area (Å²) < 4.78 is 30.1. The molecule has 0 aliphatic heterocycles. The van der Waals surface area contributed by atoms with E-state index in [1.807, 2.05) is 48.5 Å². The number of nitrogens with zero attached hydrogens (tertiary/aromatic N) is 6. The van der Waals surface area contributed by atoms with Gasteiger partial charge in [0.15, 0.2) is 0 Å². The number of aromatic amines is 1. The molecule has 0 atom stereocenters. The van der Waals surface area contributed by atoms with Crippen LogP contribution in [-0.2, 0) is 18.9 Å². The minimum absolute atomic E-state index is 0.321. The summed E-state index contributed by atoms with van der Waals surface area (Å²) in [5, 5.41) is 18.3. The Hall–Kier alpha value is -3.49. The molecule has 0 aliphatic carbocycles. The van der Waals surface area contributed by atoms with E-state index in [0.717, 1.165) is 28.7 Å². The topological polar surface area (TPSA) is 85.2 Å².